The Labute approximate surface area is 501 Å². The summed E-state index contributed by atoms with van der Waals surface area (Å²) < 4.78 is 16.9. The topological polar surface area (TPSA) is 78.9 Å². The lowest BCUT2D eigenvalue weighted by Crippen LogP contribution is -2.30. The molecule has 0 saturated heterocycles. The molecule has 0 aliphatic rings. The van der Waals surface area contributed by atoms with Crippen molar-refractivity contribution in [1.82, 2.24) is 0 Å². The van der Waals surface area contributed by atoms with Gasteiger partial charge >= 0.3 is 17.9 Å². The summed E-state index contributed by atoms with van der Waals surface area (Å²) in [7, 11) is 0. The van der Waals surface area contributed by atoms with Crippen LogP contribution in [0.3, 0.4) is 0 Å². The molecule has 0 aromatic rings. The van der Waals surface area contributed by atoms with E-state index >= 15 is 0 Å². The highest BCUT2D eigenvalue weighted by atomic mass is 16.6. The van der Waals surface area contributed by atoms with Gasteiger partial charge in [-0.1, -0.05) is 290 Å². The second kappa shape index (κ2) is 68.3. The van der Waals surface area contributed by atoms with Gasteiger partial charge in [-0.3, -0.25) is 14.4 Å². The zero-order valence-corrected chi connectivity index (χ0v) is 53.0. The van der Waals surface area contributed by atoms with E-state index < -0.39 is 6.10 Å². The highest BCUT2D eigenvalue weighted by molar-refractivity contribution is 5.71. The van der Waals surface area contributed by atoms with E-state index in [1.807, 2.05) is 0 Å². The lowest BCUT2D eigenvalue weighted by Gasteiger charge is -2.18. The Bertz CT molecular complexity index is 1670. The Morgan fingerprint density at radius 1 is 0.259 bits per heavy atom. The standard InChI is InChI=1S/C75H126O6/c1-4-7-10-13-16-19-22-24-26-28-29-30-31-32-33-34-35-36-37-38-39-40-41-42-43-44-45-47-48-50-53-56-59-62-65-68-74(77)80-71-72(70-79-73(76)67-64-61-58-55-52-21-18-15-12-9-6-3)81-75(78)69-66-63-60-57-54-51-49-46-27-25-23-20-17-14-11-8-5-2/h7,10,15-16,18-19,24-27,29-30,32-33,35-36,38-39,41-42,72H,4-6,8-9,11-14,17,20-23,28,31,34,37,40,43-71H2,1-3H3/b10-7-,18-15-,19-16-,26-24-,27-25-,30-29-,33-32-,36-35-,39-38-,42-41-. The van der Waals surface area contributed by atoms with Crippen molar-refractivity contribution in [2.75, 3.05) is 13.2 Å². The highest BCUT2D eigenvalue weighted by Crippen LogP contribution is 2.16. The summed E-state index contributed by atoms with van der Waals surface area (Å²) in [5, 5.41) is 0. The predicted octanol–water partition coefficient (Wildman–Crippen LogP) is 23.6. The smallest absolute Gasteiger partial charge is 0.306 e. The van der Waals surface area contributed by atoms with E-state index in [1.54, 1.807) is 0 Å². The summed E-state index contributed by atoms with van der Waals surface area (Å²) in [5.74, 6) is -0.895. The SMILES string of the molecule is CC/C=C\C/C=C\C/C=C\C/C=C\C/C=C\C/C=C\C/C=C\C/C=C\CCCCCCCCCCCCC(=O)OCC(COC(=O)CCCCCCC/C=C\CCCC)OC(=O)CCCCCCCCC/C=C\CCCCCCCC. The summed E-state index contributed by atoms with van der Waals surface area (Å²) >= 11 is 0. The first-order valence-corrected chi connectivity index (χ1v) is 34.0. The largest absolute Gasteiger partial charge is 0.462 e. The van der Waals surface area contributed by atoms with Gasteiger partial charge in [0.1, 0.15) is 13.2 Å². The fourth-order valence-electron chi connectivity index (χ4n) is 9.32. The number of ether oxygens (including phenoxy) is 3. The highest BCUT2D eigenvalue weighted by Gasteiger charge is 2.19. The van der Waals surface area contributed by atoms with Gasteiger partial charge in [0.15, 0.2) is 6.10 Å². The molecule has 0 saturated carbocycles. The molecule has 1 atom stereocenters. The van der Waals surface area contributed by atoms with Crippen molar-refractivity contribution in [1.29, 1.82) is 0 Å². The van der Waals surface area contributed by atoms with E-state index in [2.05, 4.69) is 142 Å². The van der Waals surface area contributed by atoms with E-state index in [1.165, 1.54) is 161 Å². The summed E-state index contributed by atoms with van der Waals surface area (Å²) in [6.07, 6.45) is 95.1. The van der Waals surface area contributed by atoms with E-state index in [0.29, 0.717) is 19.3 Å². The first kappa shape index (κ1) is 76.8. The molecule has 0 spiro atoms. The van der Waals surface area contributed by atoms with Crippen LogP contribution in [-0.2, 0) is 28.6 Å². The van der Waals surface area contributed by atoms with Crippen molar-refractivity contribution in [3.8, 4) is 0 Å². The van der Waals surface area contributed by atoms with Crippen LogP contribution in [0.1, 0.15) is 316 Å². The molecule has 0 fully saturated rings. The van der Waals surface area contributed by atoms with Crippen molar-refractivity contribution in [3.63, 3.8) is 0 Å². The lowest BCUT2D eigenvalue weighted by atomic mass is 10.1. The number of carbonyl (C=O) groups excluding carboxylic acids is 3. The van der Waals surface area contributed by atoms with E-state index in [9.17, 15) is 14.4 Å². The van der Waals surface area contributed by atoms with Crippen LogP contribution in [0.25, 0.3) is 0 Å². The quantitative estimate of drug-likeness (QED) is 0.0261. The molecule has 6 heteroatoms. The molecule has 6 nitrogen and oxygen atoms in total. The second-order valence-corrected chi connectivity index (χ2v) is 22.3. The maximum Gasteiger partial charge on any atom is 0.306 e. The third kappa shape index (κ3) is 66.5. The first-order valence-electron chi connectivity index (χ1n) is 34.0. The number of carbonyl (C=O) groups is 3. The Morgan fingerprint density at radius 2 is 0.494 bits per heavy atom. The van der Waals surface area contributed by atoms with E-state index in [-0.39, 0.29) is 31.1 Å². The minimum atomic E-state index is -0.787. The predicted molar refractivity (Wildman–Crippen MR) is 353 cm³/mol. The molecule has 0 aliphatic carbocycles. The van der Waals surface area contributed by atoms with Crippen LogP contribution in [0.15, 0.2) is 122 Å². The second-order valence-electron chi connectivity index (χ2n) is 22.3. The number of hydrogen-bond acceptors (Lipinski definition) is 6. The molecule has 81 heavy (non-hydrogen) atoms. The number of rotatable bonds is 61. The summed E-state index contributed by atoms with van der Waals surface area (Å²) in [5.41, 5.74) is 0. The van der Waals surface area contributed by atoms with E-state index in [0.717, 1.165) is 116 Å². The average molecular weight is 1120 g/mol. The fourth-order valence-corrected chi connectivity index (χ4v) is 9.32. The van der Waals surface area contributed by atoms with Crippen LogP contribution in [0, 0.1) is 0 Å². The number of allylic oxidation sites excluding steroid dienone is 20. The van der Waals surface area contributed by atoms with Gasteiger partial charge in [0.25, 0.3) is 0 Å². The van der Waals surface area contributed by atoms with Crippen molar-refractivity contribution in [2.45, 2.75) is 322 Å². The van der Waals surface area contributed by atoms with Crippen LogP contribution >= 0.6 is 0 Å². The Hall–Kier alpha value is -4.19. The minimum absolute atomic E-state index is 0.0844. The Balaban J connectivity index is 4.20. The molecule has 0 aromatic carbocycles. The van der Waals surface area contributed by atoms with Gasteiger partial charge in [-0.25, -0.2) is 0 Å². The average Bonchev–Trinajstić information content (AvgIpc) is 3.47. The summed E-state index contributed by atoms with van der Waals surface area (Å²) in [6, 6.07) is 0. The lowest BCUT2D eigenvalue weighted by molar-refractivity contribution is -0.167. The Kier molecular flexibility index (Phi) is 64.8. The third-order valence-electron chi connectivity index (χ3n) is 14.4. The van der Waals surface area contributed by atoms with Gasteiger partial charge in [0, 0.05) is 19.3 Å². The van der Waals surface area contributed by atoms with Crippen LogP contribution in [0.2, 0.25) is 0 Å². The molecule has 1 unspecified atom stereocenters. The molecular weight excluding hydrogens is 997 g/mol. The molecule has 0 amide bonds. The van der Waals surface area contributed by atoms with Crippen LogP contribution in [0.4, 0.5) is 0 Å². The molecule has 0 heterocycles. The van der Waals surface area contributed by atoms with Crippen molar-refractivity contribution in [3.05, 3.63) is 122 Å². The molecule has 0 rings (SSSR count). The van der Waals surface area contributed by atoms with Gasteiger partial charge in [0.05, 0.1) is 0 Å². The fraction of sp³-hybridized carbons (Fsp3) is 0.693. The summed E-state index contributed by atoms with van der Waals surface area (Å²) in [4.78, 5) is 38.3. The maximum atomic E-state index is 12.9. The van der Waals surface area contributed by atoms with Gasteiger partial charge in [-0.2, -0.15) is 0 Å². The van der Waals surface area contributed by atoms with Gasteiger partial charge in [-0.15, -0.1) is 0 Å². The zero-order chi connectivity index (χ0) is 58.5. The molecular formula is C75H126O6. The number of unbranched alkanes of at least 4 members (excludes halogenated alkanes) is 30. The van der Waals surface area contributed by atoms with Crippen LogP contribution in [0.5, 0.6) is 0 Å². The van der Waals surface area contributed by atoms with Crippen LogP contribution < -0.4 is 0 Å². The molecule has 0 radical (unpaired) electrons. The van der Waals surface area contributed by atoms with Crippen molar-refractivity contribution >= 4 is 17.9 Å². The van der Waals surface area contributed by atoms with Crippen molar-refractivity contribution < 1.29 is 28.6 Å². The molecule has 462 valence electrons. The first-order chi connectivity index (χ1) is 40.0. The molecule has 0 aliphatic heterocycles. The van der Waals surface area contributed by atoms with Gasteiger partial charge in [0.2, 0.25) is 0 Å². The minimum Gasteiger partial charge on any atom is -0.462 e. The summed E-state index contributed by atoms with van der Waals surface area (Å²) in [6.45, 7) is 6.49. The molecule has 0 aromatic heterocycles. The number of hydrogen-bond donors (Lipinski definition) is 0. The van der Waals surface area contributed by atoms with E-state index in [4.69, 9.17) is 14.2 Å². The van der Waals surface area contributed by atoms with Crippen LogP contribution in [-0.4, -0.2) is 37.2 Å². The van der Waals surface area contributed by atoms with Crippen molar-refractivity contribution in [2.24, 2.45) is 0 Å². The normalized spacial score (nSPS) is 12.9. The monoisotopic (exact) mass is 1120 g/mol. The van der Waals surface area contributed by atoms with Gasteiger partial charge in [-0.05, 0) is 128 Å². The molecule has 0 bridgehead atoms. The third-order valence-corrected chi connectivity index (χ3v) is 14.4. The zero-order valence-electron chi connectivity index (χ0n) is 53.0. The maximum absolute atomic E-state index is 12.9. The number of esters is 3. The molecule has 0 N–H and O–H groups in total. The van der Waals surface area contributed by atoms with Gasteiger partial charge < -0.3 is 14.2 Å². The Morgan fingerprint density at radius 3 is 0.802 bits per heavy atom.